The molecule has 0 bridgehead atoms. The molecule has 11 rings (SSSR count). The van der Waals surface area contributed by atoms with E-state index in [1.54, 1.807) is 0 Å². The first-order valence-electron chi connectivity index (χ1n) is 17.6. The predicted molar refractivity (Wildman–Crippen MR) is 221 cm³/mol. The molecule has 0 atom stereocenters. The van der Waals surface area contributed by atoms with Gasteiger partial charge in [0.25, 0.3) is 0 Å². The highest BCUT2D eigenvalue weighted by Gasteiger charge is 2.25. The van der Waals surface area contributed by atoms with Crippen molar-refractivity contribution in [2.75, 3.05) is 0 Å². The highest BCUT2D eigenvalue weighted by Crippen LogP contribution is 2.49. The molecule has 3 aromatic heterocycles. The van der Waals surface area contributed by atoms with E-state index in [9.17, 15) is 0 Å². The van der Waals surface area contributed by atoms with E-state index in [-0.39, 0.29) is 0 Å². The Morgan fingerprint density at radius 1 is 0.404 bits per heavy atom. The van der Waals surface area contributed by atoms with Gasteiger partial charge in [-0.2, -0.15) is 0 Å². The molecule has 0 unspecified atom stereocenters. The van der Waals surface area contributed by atoms with Crippen molar-refractivity contribution in [3.8, 4) is 39.6 Å². The largest absolute Gasteiger partial charge is 0.277 e. The maximum absolute atomic E-state index is 5.38. The zero-order valence-electron chi connectivity index (χ0n) is 28.0. The van der Waals surface area contributed by atoms with Crippen LogP contribution in [0.15, 0.2) is 176 Å². The van der Waals surface area contributed by atoms with E-state index in [4.69, 9.17) is 9.97 Å². The molecular weight excluding hydrogens is 651 g/mol. The Labute approximate surface area is 303 Å². The summed E-state index contributed by atoms with van der Waals surface area (Å²) in [6, 6.07) is 62.8. The molecular formula is C48H29N3S. The van der Waals surface area contributed by atoms with Gasteiger partial charge < -0.3 is 0 Å². The summed E-state index contributed by atoms with van der Waals surface area (Å²) in [5.74, 6) is 0.660. The van der Waals surface area contributed by atoms with Crippen LogP contribution in [-0.4, -0.2) is 14.5 Å². The van der Waals surface area contributed by atoms with Gasteiger partial charge in [-0.15, -0.1) is 11.3 Å². The van der Waals surface area contributed by atoms with Crippen LogP contribution in [0.25, 0.3) is 103 Å². The van der Waals surface area contributed by atoms with Crippen LogP contribution in [0, 0.1) is 0 Å². The number of thiophene rings is 1. The maximum atomic E-state index is 5.38. The zero-order chi connectivity index (χ0) is 34.2. The molecule has 0 saturated heterocycles. The summed E-state index contributed by atoms with van der Waals surface area (Å²) >= 11 is 1.89. The number of hydrogen-bond acceptors (Lipinski definition) is 3. The third kappa shape index (κ3) is 4.38. The highest BCUT2D eigenvalue weighted by molar-refractivity contribution is 7.27. The Morgan fingerprint density at radius 2 is 1.00 bits per heavy atom. The summed E-state index contributed by atoms with van der Waals surface area (Å²) in [7, 11) is 0. The summed E-state index contributed by atoms with van der Waals surface area (Å²) in [5, 5.41) is 9.93. The lowest BCUT2D eigenvalue weighted by Gasteiger charge is -2.13. The lowest BCUT2D eigenvalue weighted by Crippen LogP contribution is -2.04. The fraction of sp³-hybridized carbons (Fsp3) is 0. The summed E-state index contributed by atoms with van der Waals surface area (Å²) in [6.07, 6.45) is 0. The van der Waals surface area contributed by atoms with Crippen molar-refractivity contribution in [1.82, 2.24) is 14.5 Å². The lowest BCUT2D eigenvalue weighted by atomic mass is 9.96. The molecule has 0 radical (unpaired) electrons. The molecule has 11 aromatic rings. The first-order valence-corrected chi connectivity index (χ1v) is 18.4. The second kappa shape index (κ2) is 11.5. The van der Waals surface area contributed by atoms with Crippen LogP contribution in [0.2, 0.25) is 0 Å². The van der Waals surface area contributed by atoms with Crippen molar-refractivity contribution in [3.63, 3.8) is 0 Å². The quantitative estimate of drug-likeness (QED) is 0.185. The third-order valence-electron chi connectivity index (χ3n) is 10.4. The van der Waals surface area contributed by atoms with E-state index >= 15 is 0 Å². The average Bonchev–Trinajstić information content (AvgIpc) is 3.78. The minimum absolute atomic E-state index is 0.660. The Balaban J connectivity index is 1.34. The van der Waals surface area contributed by atoms with Gasteiger partial charge in [0, 0.05) is 47.5 Å². The molecule has 242 valence electrons. The number of rotatable bonds is 4. The molecule has 8 aromatic carbocycles. The average molecular weight is 680 g/mol. The minimum Gasteiger partial charge on any atom is -0.277 e. The molecule has 3 heterocycles. The van der Waals surface area contributed by atoms with E-state index in [0.717, 1.165) is 33.5 Å². The van der Waals surface area contributed by atoms with Gasteiger partial charge in [0.2, 0.25) is 5.95 Å². The molecule has 0 aliphatic heterocycles. The molecule has 0 aliphatic rings. The van der Waals surface area contributed by atoms with Crippen LogP contribution < -0.4 is 0 Å². The van der Waals surface area contributed by atoms with E-state index in [2.05, 4.69) is 168 Å². The Morgan fingerprint density at radius 3 is 1.69 bits per heavy atom. The SMILES string of the molecule is c1ccc(-c2ccc3sc4c(c3c2)c2ccccc2c2c4c3c4ccccc4ccc3n2-c2nc(-c3ccccc3)cc(-c3ccccc3)n2)cc1. The van der Waals surface area contributed by atoms with Gasteiger partial charge in [-0.25, -0.2) is 9.97 Å². The van der Waals surface area contributed by atoms with Gasteiger partial charge in [-0.05, 0) is 51.6 Å². The molecule has 0 fully saturated rings. The molecule has 0 N–H and O–H groups in total. The van der Waals surface area contributed by atoms with Gasteiger partial charge in [0.1, 0.15) is 0 Å². The standard InChI is InChI=1S/C48H29N3S/c1-4-14-30(15-5-1)34-25-27-42-38(28-34)43-36-22-12-13-23-37(36)46-45(47(43)52-42)44-35-21-11-10-16-31(35)24-26-41(44)51(46)48-49-39(32-17-6-2-7-18-32)29-40(50-48)33-19-8-3-9-20-33/h1-29H. The first kappa shape index (κ1) is 29.1. The molecule has 0 saturated carbocycles. The van der Waals surface area contributed by atoms with Crippen molar-refractivity contribution in [3.05, 3.63) is 176 Å². The van der Waals surface area contributed by atoms with Crippen LogP contribution in [0.1, 0.15) is 0 Å². The Bertz CT molecular complexity index is 3100. The van der Waals surface area contributed by atoms with Gasteiger partial charge in [-0.1, -0.05) is 152 Å². The lowest BCUT2D eigenvalue weighted by molar-refractivity contribution is 0.998. The van der Waals surface area contributed by atoms with Crippen LogP contribution in [0.5, 0.6) is 0 Å². The second-order valence-corrected chi connectivity index (χ2v) is 14.4. The normalized spacial score (nSPS) is 11.8. The predicted octanol–water partition coefficient (Wildman–Crippen LogP) is 13.2. The molecule has 52 heavy (non-hydrogen) atoms. The van der Waals surface area contributed by atoms with Crippen molar-refractivity contribution in [1.29, 1.82) is 0 Å². The van der Waals surface area contributed by atoms with Gasteiger partial charge in [0.15, 0.2) is 0 Å². The number of benzene rings is 8. The minimum atomic E-state index is 0.660. The number of aromatic nitrogens is 3. The zero-order valence-corrected chi connectivity index (χ0v) is 28.8. The number of hydrogen-bond donors (Lipinski definition) is 0. The Hall–Kier alpha value is -6.62. The highest BCUT2D eigenvalue weighted by atomic mass is 32.1. The molecule has 4 heteroatoms. The summed E-state index contributed by atoms with van der Waals surface area (Å²) < 4.78 is 4.90. The van der Waals surface area contributed by atoms with Crippen LogP contribution >= 0.6 is 11.3 Å². The second-order valence-electron chi connectivity index (χ2n) is 13.3. The van der Waals surface area contributed by atoms with E-state index in [1.165, 1.54) is 63.6 Å². The van der Waals surface area contributed by atoms with Crippen molar-refractivity contribution in [2.45, 2.75) is 0 Å². The van der Waals surface area contributed by atoms with Crippen LogP contribution in [0.4, 0.5) is 0 Å². The van der Waals surface area contributed by atoms with Gasteiger partial charge >= 0.3 is 0 Å². The van der Waals surface area contributed by atoms with Crippen LogP contribution in [-0.2, 0) is 0 Å². The van der Waals surface area contributed by atoms with Crippen molar-refractivity contribution < 1.29 is 0 Å². The number of nitrogens with zero attached hydrogens (tertiary/aromatic N) is 3. The first-order chi connectivity index (χ1) is 25.8. The molecule has 3 nitrogen and oxygen atoms in total. The van der Waals surface area contributed by atoms with Crippen molar-refractivity contribution >= 4 is 74.9 Å². The van der Waals surface area contributed by atoms with Crippen LogP contribution in [0.3, 0.4) is 0 Å². The van der Waals surface area contributed by atoms with E-state index < -0.39 is 0 Å². The van der Waals surface area contributed by atoms with Crippen molar-refractivity contribution in [2.24, 2.45) is 0 Å². The summed E-state index contributed by atoms with van der Waals surface area (Å²) in [5.41, 5.74) is 8.57. The molecule has 0 aliphatic carbocycles. The summed E-state index contributed by atoms with van der Waals surface area (Å²) in [4.78, 5) is 10.8. The van der Waals surface area contributed by atoms with E-state index in [1.807, 2.05) is 23.5 Å². The fourth-order valence-corrected chi connectivity index (χ4v) is 9.30. The molecule has 0 spiro atoms. The van der Waals surface area contributed by atoms with Gasteiger partial charge in [-0.3, -0.25) is 4.57 Å². The van der Waals surface area contributed by atoms with Gasteiger partial charge in [0.05, 0.1) is 22.4 Å². The summed E-state index contributed by atoms with van der Waals surface area (Å²) in [6.45, 7) is 0. The topological polar surface area (TPSA) is 30.7 Å². The fourth-order valence-electron chi connectivity index (χ4n) is 8.05. The smallest absolute Gasteiger partial charge is 0.235 e. The maximum Gasteiger partial charge on any atom is 0.235 e. The monoisotopic (exact) mass is 679 g/mol. The third-order valence-corrected chi connectivity index (χ3v) is 11.6. The number of fused-ring (bicyclic) bond motifs is 12. The molecule has 0 amide bonds. The van der Waals surface area contributed by atoms with E-state index in [0.29, 0.717) is 5.95 Å². The Kier molecular flexibility index (Phi) is 6.42.